The Kier molecular flexibility index (Phi) is 9.82. The molecule has 0 aliphatic carbocycles. The van der Waals surface area contributed by atoms with Crippen molar-refractivity contribution in [1.29, 1.82) is 0 Å². The van der Waals surface area contributed by atoms with Crippen LogP contribution in [0.4, 0.5) is 10.5 Å². The molecule has 47 heavy (non-hydrogen) atoms. The number of aromatic hydroxyl groups is 1. The minimum atomic E-state index is -1.39. The number of phenolic OH excluding ortho intramolecular Hbond substituents is 1. The predicted octanol–water partition coefficient (Wildman–Crippen LogP) is 7.48. The highest BCUT2D eigenvalue weighted by Crippen LogP contribution is 2.31. The molecule has 0 unspecified atom stereocenters. The molecule has 0 spiro atoms. The summed E-state index contributed by atoms with van der Waals surface area (Å²) in [6.07, 6.45) is 3.92. The van der Waals surface area contributed by atoms with E-state index in [0.717, 1.165) is 10.9 Å². The predicted molar refractivity (Wildman–Crippen MR) is 188 cm³/mol. The highest BCUT2D eigenvalue weighted by molar-refractivity contribution is 7.16. The zero-order valence-electron chi connectivity index (χ0n) is 27.2. The number of nitrogens with one attached hydrogen (secondary N) is 1. The van der Waals surface area contributed by atoms with Crippen molar-refractivity contribution < 1.29 is 24.2 Å². The summed E-state index contributed by atoms with van der Waals surface area (Å²) in [7, 11) is -1.39. The number of halogens is 1. The maximum absolute atomic E-state index is 14.0. The molecular weight excluding hydrogens is 658 g/mol. The molecule has 0 aliphatic rings. The molecule has 4 aromatic heterocycles. The van der Waals surface area contributed by atoms with Gasteiger partial charge in [0.05, 0.1) is 45.1 Å². The number of aromatic nitrogens is 4. The molecule has 11 nitrogen and oxygen atoms in total. The topological polar surface area (TPSA) is 130 Å². The van der Waals surface area contributed by atoms with Gasteiger partial charge in [0.1, 0.15) is 18.1 Å². The molecule has 0 radical (unpaired) electrons. The van der Waals surface area contributed by atoms with Crippen molar-refractivity contribution in [1.82, 2.24) is 18.9 Å². The summed E-state index contributed by atoms with van der Waals surface area (Å²) in [5.74, 6) is -0.434. The highest BCUT2D eigenvalue weighted by atomic mass is 35.5. The Hall–Kier alpha value is -4.17. The summed E-state index contributed by atoms with van der Waals surface area (Å²) in [6.45, 7) is 12.8. The minimum Gasteiger partial charge on any atom is -0.508 e. The van der Waals surface area contributed by atoms with E-state index in [1.807, 2.05) is 12.1 Å². The van der Waals surface area contributed by atoms with Crippen LogP contribution in [0.25, 0.3) is 22.2 Å². The number of nitrogens with zero attached hydrogens (tertiary/aromatic N) is 4. The Labute approximate surface area is 282 Å². The summed E-state index contributed by atoms with van der Waals surface area (Å²) < 4.78 is 16.6. The standard InChI is InChI=1S/C33H38ClN5O6SSi/c1-33(2,3)45-32(43)39-27-9-7-24(40)13-21(27)14-28(39)26-15-23(18-37(31(26)42)20-44-11-12-47(4,5)6)36-30(41)22-16-35-38(17-22)19-25-8-10-29(34)46-25/h7-10,13-18,40H,11-12,19-20H2,1-6H3,(H,36,41). The lowest BCUT2D eigenvalue weighted by Crippen LogP contribution is -2.29. The first-order valence-corrected chi connectivity index (χ1v) is 19.9. The molecule has 1 amide bonds. The van der Waals surface area contributed by atoms with Crippen molar-refractivity contribution in [3.63, 3.8) is 0 Å². The van der Waals surface area contributed by atoms with Gasteiger partial charge in [-0.1, -0.05) is 31.2 Å². The Morgan fingerprint density at radius 2 is 1.85 bits per heavy atom. The van der Waals surface area contributed by atoms with Gasteiger partial charge >= 0.3 is 6.09 Å². The fraction of sp³-hybridized carbons (Fsp3) is 0.333. The molecule has 5 aromatic rings. The molecule has 0 atom stereocenters. The fourth-order valence-corrected chi connectivity index (χ4v) is 6.63. The van der Waals surface area contributed by atoms with Crippen LogP contribution in [0.1, 0.15) is 36.0 Å². The lowest BCUT2D eigenvalue weighted by atomic mass is 10.1. The van der Waals surface area contributed by atoms with Gasteiger partial charge in [-0.15, -0.1) is 11.3 Å². The van der Waals surface area contributed by atoms with Gasteiger partial charge < -0.3 is 19.9 Å². The molecule has 5 rings (SSSR count). The number of carbonyl (C=O) groups is 2. The number of phenols is 1. The molecule has 0 bridgehead atoms. The Balaban J connectivity index is 1.54. The number of carbonyl (C=O) groups excluding carboxylic acids is 2. The molecule has 14 heteroatoms. The number of benzene rings is 1. The van der Waals surface area contributed by atoms with E-state index in [1.54, 1.807) is 43.8 Å². The van der Waals surface area contributed by atoms with E-state index in [1.165, 1.54) is 51.1 Å². The van der Waals surface area contributed by atoms with Gasteiger partial charge in [0.25, 0.3) is 11.5 Å². The molecule has 0 saturated carbocycles. The molecule has 4 heterocycles. The Morgan fingerprint density at radius 1 is 1.09 bits per heavy atom. The maximum Gasteiger partial charge on any atom is 0.419 e. The van der Waals surface area contributed by atoms with E-state index in [0.29, 0.717) is 39.6 Å². The number of pyridine rings is 1. The summed E-state index contributed by atoms with van der Waals surface area (Å²) in [4.78, 5) is 41.9. The number of amides is 1. The van der Waals surface area contributed by atoms with Gasteiger partial charge in [-0.25, -0.2) is 9.36 Å². The van der Waals surface area contributed by atoms with Crippen molar-refractivity contribution >= 4 is 59.6 Å². The van der Waals surface area contributed by atoms with Gasteiger partial charge in [-0.3, -0.25) is 18.8 Å². The van der Waals surface area contributed by atoms with Gasteiger partial charge in [0, 0.05) is 37.3 Å². The van der Waals surface area contributed by atoms with Gasteiger partial charge in [0.15, 0.2) is 0 Å². The number of ether oxygens (including phenoxy) is 2. The summed E-state index contributed by atoms with van der Waals surface area (Å²) in [5, 5.41) is 17.9. The molecule has 0 aliphatic heterocycles. The van der Waals surface area contributed by atoms with Gasteiger partial charge in [-0.2, -0.15) is 5.10 Å². The number of fused-ring (bicyclic) bond motifs is 1. The first kappa shape index (κ1) is 34.2. The third-order valence-electron chi connectivity index (χ3n) is 7.05. The molecule has 0 saturated heterocycles. The van der Waals surface area contributed by atoms with Crippen molar-refractivity contribution in [2.75, 3.05) is 11.9 Å². The Morgan fingerprint density at radius 3 is 2.53 bits per heavy atom. The molecule has 1 aromatic carbocycles. The van der Waals surface area contributed by atoms with Crippen LogP contribution in [-0.4, -0.2) is 56.3 Å². The van der Waals surface area contributed by atoms with E-state index < -0.39 is 31.2 Å². The number of anilines is 1. The van der Waals surface area contributed by atoms with E-state index in [-0.39, 0.29) is 23.7 Å². The second-order valence-corrected chi connectivity index (χ2v) is 20.9. The van der Waals surface area contributed by atoms with Crippen LogP contribution >= 0.6 is 22.9 Å². The average molecular weight is 696 g/mol. The van der Waals surface area contributed by atoms with E-state index >= 15 is 0 Å². The minimum absolute atomic E-state index is 0.00216. The quantitative estimate of drug-likeness (QED) is 0.114. The normalized spacial score (nSPS) is 12.1. The van der Waals surface area contributed by atoms with Crippen LogP contribution in [0.2, 0.25) is 30.0 Å². The molecule has 248 valence electrons. The number of rotatable bonds is 10. The lowest BCUT2D eigenvalue weighted by Gasteiger charge is -2.21. The third kappa shape index (κ3) is 8.60. The van der Waals surface area contributed by atoms with Crippen LogP contribution in [0.5, 0.6) is 5.75 Å². The van der Waals surface area contributed by atoms with E-state index in [4.69, 9.17) is 21.1 Å². The SMILES string of the molecule is CC(C)(C)OC(=O)n1c(-c2cc(NC(=O)c3cnn(Cc4ccc(Cl)s4)c3)cn(COCC[Si](C)(C)C)c2=O)cc2cc(O)ccc21. The summed E-state index contributed by atoms with van der Waals surface area (Å²) in [6, 6.07) is 12.3. The maximum atomic E-state index is 14.0. The summed E-state index contributed by atoms with van der Waals surface area (Å²) in [5.41, 5.74) is 0.176. The third-order valence-corrected chi connectivity index (χ3v) is 9.97. The molecule has 0 fully saturated rings. The van der Waals surface area contributed by atoms with Gasteiger partial charge in [-0.05, 0) is 69.3 Å². The van der Waals surface area contributed by atoms with Crippen LogP contribution in [0.3, 0.4) is 0 Å². The van der Waals surface area contributed by atoms with Crippen LogP contribution in [-0.2, 0) is 22.7 Å². The van der Waals surface area contributed by atoms with Crippen LogP contribution < -0.4 is 10.9 Å². The zero-order chi connectivity index (χ0) is 34.1. The second-order valence-electron chi connectivity index (χ2n) is 13.4. The highest BCUT2D eigenvalue weighted by Gasteiger charge is 2.25. The van der Waals surface area contributed by atoms with E-state index in [2.05, 4.69) is 30.1 Å². The van der Waals surface area contributed by atoms with Crippen molar-refractivity contribution in [2.24, 2.45) is 0 Å². The smallest absolute Gasteiger partial charge is 0.419 e. The van der Waals surface area contributed by atoms with Crippen molar-refractivity contribution in [2.45, 2.75) is 65.3 Å². The first-order chi connectivity index (χ1) is 22.1. The molecule has 2 N–H and O–H groups in total. The van der Waals surface area contributed by atoms with E-state index in [9.17, 15) is 19.5 Å². The first-order valence-electron chi connectivity index (χ1n) is 15.0. The summed E-state index contributed by atoms with van der Waals surface area (Å²) >= 11 is 7.49. The lowest BCUT2D eigenvalue weighted by molar-refractivity contribution is 0.0547. The largest absolute Gasteiger partial charge is 0.508 e. The van der Waals surface area contributed by atoms with Crippen molar-refractivity contribution in [3.05, 3.63) is 86.2 Å². The second kappa shape index (κ2) is 13.5. The van der Waals surface area contributed by atoms with Crippen LogP contribution in [0, 0.1) is 0 Å². The number of hydrogen-bond acceptors (Lipinski definition) is 8. The average Bonchev–Trinajstić information content (AvgIpc) is 3.69. The molecular formula is C33H38ClN5O6SSi. The Bertz CT molecular complexity index is 2000. The monoisotopic (exact) mass is 695 g/mol. The van der Waals surface area contributed by atoms with Crippen LogP contribution in [0.15, 0.2) is 65.8 Å². The zero-order valence-corrected chi connectivity index (χ0v) is 29.7. The number of hydrogen-bond donors (Lipinski definition) is 2. The number of thiophene rings is 1. The van der Waals surface area contributed by atoms with Crippen molar-refractivity contribution in [3.8, 4) is 17.0 Å². The fourth-order valence-electron chi connectivity index (χ4n) is 4.80. The van der Waals surface area contributed by atoms with Gasteiger partial charge in [0.2, 0.25) is 0 Å².